The van der Waals surface area contributed by atoms with Gasteiger partial charge < -0.3 is 0 Å². The van der Waals surface area contributed by atoms with Crippen molar-refractivity contribution in [2.45, 2.75) is 50.8 Å². The first-order valence-electron chi connectivity index (χ1n) is 7.69. The molecule has 132 valence electrons. The van der Waals surface area contributed by atoms with E-state index in [1.165, 1.54) is 0 Å². The maximum Gasteiger partial charge on any atom is 0.257 e. The summed E-state index contributed by atoms with van der Waals surface area (Å²) in [7, 11) is -3.57. The molecule has 0 spiro atoms. The minimum absolute atomic E-state index is 0.0186. The summed E-state index contributed by atoms with van der Waals surface area (Å²) in [5, 5.41) is 4.30. The Bertz CT molecular complexity index is 876. The number of alkyl halides is 2. The van der Waals surface area contributed by atoms with Gasteiger partial charge in [0.1, 0.15) is 6.54 Å². The number of hydrogen-bond donors (Lipinski definition) is 1. The Morgan fingerprint density at radius 2 is 2.04 bits per heavy atom. The van der Waals surface area contributed by atoms with Gasteiger partial charge in [-0.1, -0.05) is 31.5 Å². The Kier molecular flexibility index (Phi) is 4.46. The van der Waals surface area contributed by atoms with Crippen LogP contribution < -0.4 is 4.72 Å². The van der Waals surface area contributed by atoms with E-state index in [4.69, 9.17) is 11.6 Å². The van der Waals surface area contributed by atoms with Crippen molar-refractivity contribution in [3.63, 3.8) is 0 Å². The minimum Gasteiger partial charge on any atom is -0.265 e. The summed E-state index contributed by atoms with van der Waals surface area (Å²) in [5.74, 6) is 0.0656. The second-order valence-corrected chi connectivity index (χ2v) is 8.65. The molecule has 1 fully saturated rings. The van der Waals surface area contributed by atoms with Gasteiger partial charge in [-0.2, -0.15) is 5.10 Å². The summed E-state index contributed by atoms with van der Waals surface area (Å²) in [5.41, 5.74) is 1.24. The highest BCUT2D eigenvalue weighted by molar-refractivity contribution is 7.93. The molecule has 0 unspecified atom stereocenters. The van der Waals surface area contributed by atoms with Gasteiger partial charge in [0.2, 0.25) is 10.0 Å². The van der Waals surface area contributed by atoms with E-state index in [-0.39, 0.29) is 16.8 Å². The van der Waals surface area contributed by atoms with E-state index in [1.807, 2.05) is 13.8 Å². The predicted octanol–water partition coefficient (Wildman–Crippen LogP) is 3.98. The molecule has 1 heterocycles. The van der Waals surface area contributed by atoms with Crippen molar-refractivity contribution in [3.05, 3.63) is 22.7 Å². The molecule has 5 nitrogen and oxygen atoms in total. The number of benzene rings is 1. The van der Waals surface area contributed by atoms with Crippen molar-refractivity contribution in [1.82, 2.24) is 9.78 Å². The van der Waals surface area contributed by atoms with Crippen molar-refractivity contribution in [2.75, 3.05) is 4.72 Å². The SMILES string of the molecule is CC(C)c1ccc(Cl)c2c(NS(=O)(=O)C3CC3)nn(CC(F)F)c12. The summed E-state index contributed by atoms with van der Waals surface area (Å²) in [6, 6.07) is 3.40. The Morgan fingerprint density at radius 3 is 2.58 bits per heavy atom. The van der Waals surface area contributed by atoms with Gasteiger partial charge in [0.15, 0.2) is 5.82 Å². The maximum absolute atomic E-state index is 12.9. The first kappa shape index (κ1) is 17.4. The molecule has 1 N–H and O–H groups in total. The van der Waals surface area contributed by atoms with Crippen molar-refractivity contribution in [2.24, 2.45) is 0 Å². The molecule has 0 radical (unpaired) electrons. The summed E-state index contributed by atoms with van der Waals surface area (Å²) in [4.78, 5) is 0. The van der Waals surface area contributed by atoms with E-state index in [1.54, 1.807) is 12.1 Å². The quantitative estimate of drug-likeness (QED) is 0.828. The van der Waals surface area contributed by atoms with Crippen LogP contribution in [0.25, 0.3) is 10.9 Å². The van der Waals surface area contributed by atoms with Crippen molar-refractivity contribution in [1.29, 1.82) is 0 Å². The Balaban J connectivity index is 2.20. The highest BCUT2D eigenvalue weighted by Crippen LogP contribution is 2.38. The van der Waals surface area contributed by atoms with E-state index >= 15 is 0 Å². The molecule has 0 aliphatic heterocycles. The van der Waals surface area contributed by atoms with Gasteiger partial charge in [0.25, 0.3) is 6.43 Å². The fourth-order valence-electron chi connectivity index (χ4n) is 2.70. The molecule has 0 saturated heterocycles. The standard InChI is InChI=1S/C15H18ClF2N3O2S/c1-8(2)10-5-6-11(16)13-14(10)21(7-12(17)18)19-15(13)20-24(22,23)9-3-4-9/h5-6,8-9,12H,3-4,7H2,1-2H3,(H,19,20). The molecule has 9 heteroatoms. The molecule has 24 heavy (non-hydrogen) atoms. The molecule has 1 aromatic heterocycles. The van der Waals surface area contributed by atoms with E-state index in [0.717, 1.165) is 10.2 Å². The third kappa shape index (κ3) is 3.21. The van der Waals surface area contributed by atoms with Gasteiger partial charge in [-0.3, -0.25) is 9.40 Å². The molecule has 1 aliphatic rings. The highest BCUT2D eigenvalue weighted by atomic mass is 35.5. The predicted molar refractivity (Wildman–Crippen MR) is 90.4 cm³/mol. The van der Waals surface area contributed by atoms with Gasteiger partial charge in [-0.25, -0.2) is 17.2 Å². The molecule has 2 aromatic rings. The molecule has 0 amide bonds. The van der Waals surface area contributed by atoms with E-state index < -0.39 is 28.2 Å². The number of fused-ring (bicyclic) bond motifs is 1. The number of sulfonamides is 1. The van der Waals surface area contributed by atoms with Crippen molar-refractivity contribution in [3.8, 4) is 0 Å². The third-order valence-electron chi connectivity index (χ3n) is 4.01. The smallest absolute Gasteiger partial charge is 0.257 e. The first-order valence-corrected chi connectivity index (χ1v) is 9.62. The minimum atomic E-state index is -3.57. The zero-order valence-corrected chi connectivity index (χ0v) is 14.8. The Hall–Kier alpha value is -1.41. The van der Waals surface area contributed by atoms with Crippen molar-refractivity contribution < 1.29 is 17.2 Å². The zero-order chi connectivity index (χ0) is 17.6. The number of hydrogen-bond acceptors (Lipinski definition) is 3. The van der Waals surface area contributed by atoms with Crippen molar-refractivity contribution >= 4 is 38.3 Å². The van der Waals surface area contributed by atoms with Gasteiger partial charge in [0, 0.05) is 0 Å². The fourth-order valence-corrected chi connectivity index (χ4v) is 4.28. The van der Waals surface area contributed by atoms with E-state index in [2.05, 4.69) is 9.82 Å². The second-order valence-electron chi connectivity index (χ2n) is 6.28. The Morgan fingerprint density at radius 1 is 1.38 bits per heavy atom. The van der Waals surface area contributed by atoms with Crippen LogP contribution in [0.1, 0.15) is 38.2 Å². The normalized spacial score (nSPS) is 15.6. The van der Waals surface area contributed by atoms with Crippen LogP contribution in [0.5, 0.6) is 0 Å². The summed E-state index contributed by atoms with van der Waals surface area (Å²) < 4.78 is 53.9. The average molecular weight is 378 g/mol. The number of aromatic nitrogens is 2. The van der Waals surface area contributed by atoms with Crippen LogP contribution in [0.4, 0.5) is 14.6 Å². The van der Waals surface area contributed by atoms with E-state index in [9.17, 15) is 17.2 Å². The molecule has 3 rings (SSSR count). The van der Waals surface area contributed by atoms with Crippen LogP contribution in [0.15, 0.2) is 12.1 Å². The molecule has 0 atom stereocenters. The lowest BCUT2D eigenvalue weighted by atomic mass is 10.0. The fraction of sp³-hybridized carbons (Fsp3) is 0.533. The lowest BCUT2D eigenvalue weighted by Crippen LogP contribution is -2.18. The summed E-state index contributed by atoms with van der Waals surface area (Å²) in [6.07, 6.45) is -1.42. The molecular weight excluding hydrogens is 360 g/mol. The largest absolute Gasteiger partial charge is 0.265 e. The van der Waals surface area contributed by atoms with Crippen LogP contribution in [-0.2, 0) is 16.6 Å². The zero-order valence-electron chi connectivity index (χ0n) is 13.3. The summed E-state index contributed by atoms with van der Waals surface area (Å²) >= 11 is 6.24. The lowest BCUT2D eigenvalue weighted by molar-refractivity contribution is 0.123. The lowest BCUT2D eigenvalue weighted by Gasteiger charge is -2.11. The third-order valence-corrected chi connectivity index (χ3v) is 6.15. The number of nitrogens with zero attached hydrogens (tertiary/aromatic N) is 2. The Labute approximate surface area is 144 Å². The molecule has 1 aliphatic carbocycles. The highest BCUT2D eigenvalue weighted by Gasteiger charge is 2.37. The first-order chi connectivity index (χ1) is 11.2. The van der Waals surface area contributed by atoms with Gasteiger partial charge in [-0.05, 0) is 30.4 Å². The summed E-state index contributed by atoms with van der Waals surface area (Å²) in [6.45, 7) is 3.23. The van der Waals surface area contributed by atoms with Crippen LogP contribution in [0.3, 0.4) is 0 Å². The van der Waals surface area contributed by atoms with Crippen LogP contribution in [0, 0.1) is 0 Å². The number of halogens is 3. The van der Waals surface area contributed by atoms with Crippen LogP contribution in [0.2, 0.25) is 5.02 Å². The number of rotatable bonds is 6. The number of nitrogens with one attached hydrogen (secondary N) is 1. The van der Waals surface area contributed by atoms with Gasteiger partial charge in [0.05, 0.1) is 21.2 Å². The van der Waals surface area contributed by atoms with Crippen LogP contribution >= 0.6 is 11.6 Å². The number of anilines is 1. The van der Waals surface area contributed by atoms with Gasteiger partial charge >= 0.3 is 0 Å². The molecular formula is C15H18ClF2N3O2S. The monoisotopic (exact) mass is 377 g/mol. The second kappa shape index (κ2) is 6.15. The van der Waals surface area contributed by atoms with Gasteiger partial charge in [-0.15, -0.1) is 0 Å². The van der Waals surface area contributed by atoms with E-state index in [0.29, 0.717) is 23.7 Å². The molecule has 1 saturated carbocycles. The van der Waals surface area contributed by atoms with Crippen LogP contribution in [-0.4, -0.2) is 29.9 Å². The topological polar surface area (TPSA) is 64.0 Å². The molecule has 0 bridgehead atoms. The average Bonchev–Trinajstić information content (AvgIpc) is 3.25. The molecule has 1 aromatic carbocycles. The maximum atomic E-state index is 12.9.